The molecule has 0 radical (unpaired) electrons. The highest BCUT2D eigenvalue weighted by Crippen LogP contribution is 2.18. The van der Waals surface area contributed by atoms with Crippen LogP contribution in [0.25, 0.3) is 0 Å². The summed E-state index contributed by atoms with van der Waals surface area (Å²) in [6.07, 6.45) is 6.75. The number of nitrogens with one attached hydrogen (secondary N) is 2. The molecule has 2 saturated carbocycles. The molecule has 0 aliphatic heterocycles. The zero-order valence-corrected chi connectivity index (χ0v) is 7.68. The molecule has 0 atom stereocenters. The maximum atomic E-state index is 11.1. The second-order valence-electron chi connectivity index (χ2n) is 3.74. The van der Waals surface area contributed by atoms with E-state index in [0.29, 0.717) is 6.04 Å². The first kappa shape index (κ1) is 8.53. The quantitative estimate of drug-likeness (QED) is 0.621. The van der Waals surface area contributed by atoms with Gasteiger partial charge in [-0.3, -0.25) is 0 Å². The van der Waals surface area contributed by atoms with Gasteiger partial charge < -0.3 is 5.32 Å². The van der Waals surface area contributed by atoms with Crippen LogP contribution in [0, 0.1) is 0 Å². The van der Waals surface area contributed by atoms with Crippen LogP contribution in [0.2, 0.25) is 0 Å². The van der Waals surface area contributed by atoms with Crippen molar-refractivity contribution in [3.05, 3.63) is 0 Å². The normalized spacial score (nSPS) is 21.4. The smallest absolute Gasteiger partial charge is 0.334 e. The maximum Gasteiger partial charge on any atom is 0.335 e. The number of nitrogens with zero attached hydrogens (tertiary/aromatic N) is 1. The van der Waals surface area contributed by atoms with E-state index in [1.165, 1.54) is 12.8 Å². The predicted octanol–water partition coefficient (Wildman–Crippen LogP) is 1.38. The summed E-state index contributed by atoms with van der Waals surface area (Å²) in [5.41, 5.74) is 3.66. The van der Waals surface area contributed by atoms with Gasteiger partial charge in [0, 0.05) is 11.8 Å². The Bertz CT molecular complexity index is 225. The molecule has 4 nitrogen and oxygen atoms in total. The summed E-state index contributed by atoms with van der Waals surface area (Å²) in [7, 11) is 0. The molecule has 0 aromatic rings. The van der Waals surface area contributed by atoms with E-state index >= 15 is 0 Å². The Kier molecular flexibility index (Phi) is 2.47. The summed E-state index contributed by atoms with van der Waals surface area (Å²) in [6.45, 7) is 0. The fraction of sp³-hybridized carbons (Fsp3) is 0.778. The number of amides is 2. The first-order chi connectivity index (χ1) is 6.34. The van der Waals surface area contributed by atoms with Crippen molar-refractivity contribution in [3.8, 4) is 0 Å². The molecular formula is C9H15N3O. The number of hydrogen-bond acceptors (Lipinski definition) is 2. The summed E-state index contributed by atoms with van der Waals surface area (Å²) in [6, 6.07) is 0.255. The molecule has 2 amide bonds. The van der Waals surface area contributed by atoms with E-state index in [-0.39, 0.29) is 6.03 Å². The molecule has 4 heteroatoms. The average molecular weight is 181 g/mol. The minimum Gasteiger partial charge on any atom is -0.334 e. The molecule has 0 heterocycles. The fourth-order valence-corrected chi connectivity index (χ4v) is 1.47. The van der Waals surface area contributed by atoms with Gasteiger partial charge in [-0.1, -0.05) is 0 Å². The number of carbonyl (C=O) groups excluding carboxylic acids is 1. The molecule has 13 heavy (non-hydrogen) atoms. The van der Waals surface area contributed by atoms with Crippen molar-refractivity contribution in [2.75, 3.05) is 0 Å². The first-order valence-corrected chi connectivity index (χ1v) is 4.96. The van der Waals surface area contributed by atoms with Crippen LogP contribution in [-0.2, 0) is 0 Å². The summed E-state index contributed by atoms with van der Waals surface area (Å²) in [5, 5.41) is 6.88. The molecule has 2 N–H and O–H groups in total. The SMILES string of the molecule is O=C(NN=C1CCCC1)NC1CC1. The third-order valence-electron chi connectivity index (χ3n) is 2.41. The molecule has 72 valence electrons. The lowest BCUT2D eigenvalue weighted by molar-refractivity contribution is 0.241. The lowest BCUT2D eigenvalue weighted by atomic mass is 10.3. The number of carbonyl (C=O) groups is 1. The Morgan fingerprint density at radius 2 is 2.00 bits per heavy atom. The maximum absolute atomic E-state index is 11.1. The van der Waals surface area contributed by atoms with Crippen LogP contribution in [0.5, 0.6) is 0 Å². The Morgan fingerprint density at radius 3 is 2.62 bits per heavy atom. The molecule has 2 rings (SSSR count). The van der Waals surface area contributed by atoms with Gasteiger partial charge in [-0.2, -0.15) is 5.10 Å². The minimum atomic E-state index is -0.151. The Balaban J connectivity index is 1.70. The number of urea groups is 1. The standard InChI is InChI=1S/C9H15N3O/c13-9(10-7-5-6-7)12-11-8-3-1-2-4-8/h7H,1-6H2,(H2,10,12,13). The number of rotatable bonds is 2. The molecule has 0 saturated heterocycles. The number of hydrazone groups is 1. The molecule has 0 aromatic heterocycles. The van der Waals surface area contributed by atoms with Gasteiger partial charge in [-0.15, -0.1) is 0 Å². The van der Waals surface area contributed by atoms with Crippen LogP contribution >= 0.6 is 0 Å². The zero-order valence-electron chi connectivity index (χ0n) is 7.68. The summed E-state index contributed by atoms with van der Waals surface area (Å²) < 4.78 is 0. The van der Waals surface area contributed by atoms with E-state index < -0.39 is 0 Å². The van der Waals surface area contributed by atoms with Crippen LogP contribution < -0.4 is 10.7 Å². The highest BCUT2D eigenvalue weighted by molar-refractivity contribution is 5.87. The molecule has 0 unspecified atom stereocenters. The van der Waals surface area contributed by atoms with E-state index in [0.717, 1.165) is 31.4 Å². The van der Waals surface area contributed by atoms with Crippen molar-refractivity contribution in [3.63, 3.8) is 0 Å². The van der Waals surface area contributed by atoms with Crippen LogP contribution in [0.15, 0.2) is 5.10 Å². The second kappa shape index (κ2) is 3.77. The third-order valence-corrected chi connectivity index (χ3v) is 2.41. The summed E-state index contributed by atoms with van der Waals surface area (Å²) >= 11 is 0. The first-order valence-electron chi connectivity index (χ1n) is 4.96. The van der Waals surface area contributed by atoms with Gasteiger partial charge in [-0.05, 0) is 38.5 Å². The van der Waals surface area contributed by atoms with Gasteiger partial charge in [0.15, 0.2) is 0 Å². The van der Waals surface area contributed by atoms with Crippen molar-refractivity contribution in [1.29, 1.82) is 0 Å². The van der Waals surface area contributed by atoms with Crippen molar-refractivity contribution in [2.24, 2.45) is 5.10 Å². The van der Waals surface area contributed by atoms with E-state index in [4.69, 9.17) is 0 Å². The van der Waals surface area contributed by atoms with Crippen LogP contribution in [-0.4, -0.2) is 17.8 Å². The largest absolute Gasteiger partial charge is 0.335 e. The van der Waals surface area contributed by atoms with Crippen molar-refractivity contribution < 1.29 is 4.79 Å². The molecule has 0 bridgehead atoms. The predicted molar refractivity (Wildman–Crippen MR) is 50.6 cm³/mol. The molecule has 0 spiro atoms. The molecule has 2 aliphatic carbocycles. The lowest BCUT2D eigenvalue weighted by Gasteiger charge is -2.01. The van der Waals surface area contributed by atoms with Crippen LogP contribution in [0.1, 0.15) is 38.5 Å². The van der Waals surface area contributed by atoms with Crippen LogP contribution in [0.3, 0.4) is 0 Å². The molecule has 0 aromatic carbocycles. The molecule has 2 fully saturated rings. The summed E-state index contributed by atoms with van der Waals surface area (Å²) in [5.74, 6) is 0. The van der Waals surface area contributed by atoms with E-state index in [1.807, 2.05) is 0 Å². The van der Waals surface area contributed by atoms with Gasteiger partial charge in [0.2, 0.25) is 0 Å². The van der Waals surface area contributed by atoms with Crippen molar-refractivity contribution in [2.45, 2.75) is 44.6 Å². The van der Waals surface area contributed by atoms with Crippen molar-refractivity contribution >= 4 is 11.7 Å². The van der Waals surface area contributed by atoms with Gasteiger partial charge in [-0.25, -0.2) is 10.2 Å². The van der Waals surface area contributed by atoms with E-state index in [1.54, 1.807) is 0 Å². The van der Waals surface area contributed by atoms with E-state index in [2.05, 4.69) is 15.8 Å². The molecule has 2 aliphatic rings. The average Bonchev–Trinajstić information content (AvgIpc) is 2.78. The third kappa shape index (κ3) is 2.72. The van der Waals surface area contributed by atoms with Gasteiger partial charge >= 0.3 is 6.03 Å². The Labute approximate surface area is 77.8 Å². The number of hydrogen-bond donors (Lipinski definition) is 2. The zero-order chi connectivity index (χ0) is 9.10. The Morgan fingerprint density at radius 1 is 1.31 bits per heavy atom. The minimum absolute atomic E-state index is 0.151. The van der Waals surface area contributed by atoms with E-state index in [9.17, 15) is 4.79 Å². The topological polar surface area (TPSA) is 53.5 Å². The van der Waals surface area contributed by atoms with Crippen LogP contribution in [0.4, 0.5) is 4.79 Å². The monoisotopic (exact) mass is 181 g/mol. The highest BCUT2D eigenvalue weighted by Gasteiger charge is 2.23. The van der Waals surface area contributed by atoms with Gasteiger partial charge in [0.05, 0.1) is 0 Å². The van der Waals surface area contributed by atoms with Gasteiger partial charge in [0.1, 0.15) is 0 Å². The fourth-order valence-electron chi connectivity index (χ4n) is 1.47. The second-order valence-corrected chi connectivity index (χ2v) is 3.74. The van der Waals surface area contributed by atoms with Gasteiger partial charge in [0.25, 0.3) is 0 Å². The Hall–Kier alpha value is -1.06. The lowest BCUT2D eigenvalue weighted by Crippen LogP contribution is -2.34. The molecular weight excluding hydrogens is 166 g/mol. The highest BCUT2D eigenvalue weighted by atomic mass is 16.2. The van der Waals surface area contributed by atoms with Crippen molar-refractivity contribution in [1.82, 2.24) is 10.7 Å². The summed E-state index contributed by atoms with van der Waals surface area (Å²) in [4.78, 5) is 11.1.